The number of hydrogen-bond acceptors (Lipinski definition) is 6. The van der Waals surface area contributed by atoms with Crippen LogP contribution in [0.15, 0.2) is 0 Å². The molecule has 2 aliphatic heterocycles. The van der Waals surface area contributed by atoms with Crippen LogP contribution in [-0.2, 0) is 28.5 Å². The summed E-state index contributed by atoms with van der Waals surface area (Å²) < 4.78 is 20.3. The molecule has 2 heterocycles. The Morgan fingerprint density at radius 3 is 1.63 bits per heavy atom. The Kier molecular flexibility index (Phi) is 4.42. The number of rotatable bonds is 8. The van der Waals surface area contributed by atoms with Gasteiger partial charge in [0.05, 0.1) is 13.2 Å². The maximum absolute atomic E-state index is 12.2. The van der Waals surface area contributed by atoms with Crippen LogP contribution in [0.5, 0.6) is 0 Å². The summed E-state index contributed by atoms with van der Waals surface area (Å²) in [5, 5.41) is 0. The molecule has 108 valence electrons. The third kappa shape index (κ3) is 3.45. The molecular weight excluding hydrogens is 252 g/mol. The summed E-state index contributed by atoms with van der Waals surface area (Å²) in [7, 11) is 0. The monoisotopic (exact) mass is 272 g/mol. The number of carbonyl (C=O) groups excluding carboxylic acids is 2. The van der Waals surface area contributed by atoms with Gasteiger partial charge in [-0.2, -0.15) is 0 Å². The van der Waals surface area contributed by atoms with Crippen LogP contribution in [0.4, 0.5) is 0 Å². The quantitative estimate of drug-likeness (QED) is 0.367. The van der Waals surface area contributed by atoms with Crippen LogP contribution in [0.2, 0.25) is 0 Å². The molecule has 2 atom stereocenters. The van der Waals surface area contributed by atoms with Crippen molar-refractivity contribution < 1.29 is 28.5 Å². The molecule has 0 aromatic carbocycles. The lowest BCUT2D eigenvalue weighted by Gasteiger charge is -2.26. The van der Waals surface area contributed by atoms with Gasteiger partial charge < -0.3 is 18.9 Å². The van der Waals surface area contributed by atoms with Gasteiger partial charge in [0.15, 0.2) is 5.41 Å². The van der Waals surface area contributed by atoms with Crippen LogP contribution in [0.25, 0.3) is 0 Å². The lowest BCUT2D eigenvalue weighted by Crippen LogP contribution is -2.42. The van der Waals surface area contributed by atoms with Gasteiger partial charge in [-0.3, -0.25) is 9.59 Å². The summed E-state index contributed by atoms with van der Waals surface area (Å²) in [4.78, 5) is 24.3. The molecular formula is C13H20O6. The Labute approximate surface area is 112 Å². The predicted octanol–water partition coefficient (Wildman–Crippen LogP) is 0.677. The first kappa shape index (κ1) is 14.3. The third-order valence-electron chi connectivity index (χ3n) is 3.59. The molecule has 6 heteroatoms. The zero-order chi connectivity index (χ0) is 13.9. The fraction of sp³-hybridized carbons (Fsp3) is 0.846. The molecule has 0 spiro atoms. The number of carbonyl (C=O) groups is 2. The van der Waals surface area contributed by atoms with E-state index in [2.05, 4.69) is 0 Å². The van der Waals surface area contributed by atoms with E-state index in [-0.39, 0.29) is 25.4 Å². The van der Waals surface area contributed by atoms with Crippen molar-refractivity contribution in [3.63, 3.8) is 0 Å². The van der Waals surface area contributed by atoms with Crippen molar-refractivity contribution in [2.75, 3.05) is 26.4 Å². The summed E-state index contributed by atoms with van der Waals surface area (Å²) in [6, 6.07) is 0. The zero-order valence-corrected chi connectivity index (χ0v) is 11.3. The molecule has 0 saturated carbocycles. The molecule has 0 amide bonds. The van der Waals surface area contributed by atoms with Gasteiger partial charge in [-0.15, -0.1) is 0 Å². The largest absolute Gasteiger partial charge is 0.462 e. The molecule has 0 aromatic rings. The standard InChI is InChI=1S/C13H20O6/c1-3-13(4-2,11(14)18-7-9-5-16-9)12(15)19-8-10-6-17-10/h9-10H,3-8H2,1-2H3. The Morgan fingerprint density at radius 2 is 1.37 bits per heavy atom. The SMILES string of the molecule is CCC(CC)(C(=O)OCC1CO1)C(=O)OCC1CO1. The van der Waals surface area contributed by atoms with Gasteiger partial charge in [-0.1, -0.05) is 13.8 Å². The van der Waals surface area contributed by atoms with E-state index < -0.39 is 17.4 Å². The second kappa shape index (κ2) is 5.88. The minimum atomic E-state index is -1.20. The molecule has 2 unspecified atom stereocenters. The number of ether oxygens (including phenoxy) is 4. The minimum absolute atomic E-state index is 0.00810. The van der Waals surface area contributed by atoms with Gasteiger partial charge in [0.2, 0.25) is 0 Å². The van der Waals surface area contributed by atoms with E-state index in [0.29, 0.717) is 26.1 Å². The van der Waals surface area contributed by atoms with Crippen LogP contribution >= 0.6 is 0 Å². The van der Waals surface area contributed by atoms with Crippen LogP contribution in [0.1, 0.15) is 26.7 Å². The highest BCUT2D eigenvalue weighted by Gasteiger charge is 2.47. The highest BCUT2D eigenvalue weighted by Crippen LogP contribution is 2.31. The maximum atomic E-state index is 12.2. The lowest BCUT2D eigenvalue weighted by atomic mass is 9.82. The van der Waals surface area contributed by atoms with Crippen molar-refractivity contribution in [3.05, 3.63) is 0 Å². The highest BCUT2D eigenvalue weighted by atomic mass is 16.6. The van der Waals surface area contributed by atoms with Crippen molar-refractivity contribution in [3.8, 4) is 0 Å². The van der Waals surface area contributed by atoms with Crippen LogP contribution in [-0.4, -0.2) is 50.6 Å². The lowest BCUT2D eigenvalue weighted by molar-refractivity contribution is -0.174. The first-order chi connectivity index (χ1) is 9.12. The van der Waals surface area contributed by atoms with Gasteiger partial charge in [0, 0.05) is 0 Å². The average molecular weight is 272 g/mol. The van der Waals surface area contributed by atoms with E-state index in [0.717, 1.165) is 0 Å². The molecule has 6 nitrogen and oxygen atoms in total. The van der Waals surface area contributed by atoms with E-state index in [1.807, 2.05) is 0 Å². The summed E-state index contributed by atoms with van der Waals surface area (Å²) in [6.45, 7) is 5.21. The summed E-state index contributed by atoms with van der Waals surface area (Å²) >= 11 is 0. The highest BCUT2D eigenvalue weighted by molar-refractivity contribution is 6.00. The maximum Gasteiger partial charge on any atom is 0.323 e. The number of epoxide rings is 2. The van der Waals surface area contributed by atoms with E-state index in [1.54, 1.807) is 13.8 Å². The summed E-state index contributed by atoms with van der Waals surface area (Å²) in [6.07, 6.45) is 0.702. The van der Waals surface area contributed by atoms with Gasteiger partial charge in [-0.25, -0.2) is 0 Å². The molecule has 2 saturated heterocycles. The van der Waals surface area contributed by atoms with Crippen molar-refractivity contribution in [1.82, 2.24) is 0 Å². The number of esters is 2. The molecule has 2 aliphatic rings. The molecule has 0 radical (unpaired) electrons. The van der Waals surface area contributed by atoms with E-state index in [1.165, 1.54) is 0 Å². The fourth-order valence-electron chi connectivity index (χ4n) is 1.85. The van der Waals surface area contributed by atoms with Gasteiger partial charge >= 0.3 is 11.9 Å². The normalized spacial score (nSPS) is 24.7. The molecule has 2 rings (SSSR count). The van der Waals surface area contributed by atoms with Crippen molar-refractivity contribution in [2.45, 2.75) is 38.9 Å². The first-order valence-electron chi connectivity index (χ1n) is 6.70. The fourth-order valence-corrected chi connectivity index (χ4v) is 1.85. The van der Waals surface area contributed by atoms with Crippen LogP contribution in [0, 0.1) is 5.41 Å². The van der Waals surface area contributed by atoms with E-state index in [9.17, 15) is 9.59 Å². The van der Waals surface area contributed by atoms with Crippen LogP contribution < -0.4 is 0 Å². The van der Waals surface area contributed by atoms with E-state index >= 15 is 0 Å². The van der Waals surface area contributed by atoms with Crippen LogP contribution in [0.3, 0.4) is 0 Å². The molecule has 0 N–H and O–H groups in total. The molecule has 2 fully saturated rings. The number of hydrogen-bond donors (Lipinski definition) is 0. The minimum Gasteiger partial charge on any atom is -0.462 e. The Hall–Kier alpha value is -1.14. The summed E-state index contributed by atoms with van der Waals surface area (Å²) in [5.41, 5.74) is -1.20. The molecule has 0 bridgehead atoms. The molecule has 19 heavy (non-hydrogen) atoms. The Bertz CT molecular complexity index is 311. The zero-order valence-electron chi connectivity index (χ0n) is 11.3. The topological polar surface area (TPSA) is 77.7 Å². The van der Waals surface area contributed by atoms with E-state index in [4.69, 9.17) is 18.9 Å². The van der Waals surface area contributed by atoms with Crippen molar-refractivity contribution >= 4 is 11.9 Å². The second-order valence-corrected chi connectivity index (χ2v) is 4.90. The first-order valence-corrected chi connectivity index (χ1v) is 6.70. The average Bonchev–Trinajstić information content (AvgIpc) is 3.30. The molecule has 0 aliphatic carbocycles. The van der Waals surface area contributed by atoms with Crippen molar-refractivity contribution in [1.29, 1.82) is 0 Å². The van der Waals surface area contributed by atoms with Gasteiger partial charge in [-0.05, 0) is 12.8 Å². The smallest absolute Gasteiger partial charge is 0.323 e. The Balaban J connectivity index is 1.91. The summed E-state index contributed by atoms with van der Waals surface area (Å²) in [5.74, 6) is -1.04. The van der Waals surface area contributed by atoms with Gasteiger partial charge in [0.1, 0.15) is 25.4 Å². The Morgan fingerprint density at radius 1 is 1.00 bits per heavy atom. The third-order valence-corrected chi connectivity index (χ3v) is 3.59. The second-order valence-electron chi connectivity index (χ2n) is 4.90. The van der Waals surface area contributed by atoms with Gasteiger partial charge in [0.25, 0.3) is 0 Å². The predicted molar refractivity (Wildman–Crippen MR) is 64.4 cm³/mol. The molecule has 0 aromatic heterocycles. The van der Waals surface area contributed by atoms with Crippen molar-refractivity contribution in [2.24, 2.45) is 5.41 Å².